The second kappa shape index (κ2) is 20.3. The normalized spacial score (nSPS) is 15.0. The van der Waals surface area contributed by atoms with E-state index in [1.165, 1.54) is 6.07 Å². The Bertz CT molecular complexity index is 4590. The Kier molecular flexibility index (Phi) is 10.2. The van der Waals surface area contributed by atoms with Crippen LogP contribution < -0.4 is 19.8 Å². The maximum atomic E-state index is 9.42. The number of nitrogens with zero attached hydrogens (tertiary/aromatic N) is 5. The summed E-state index contributed by atoms with van der Waals surface area (Å²) in [6, 6.07) is 63.4. The summed E-state index contributed by atoms with van der Waals surface area (Å²) >= 11 is 2.25. The molecule has 0 bridgehead atoms. The van der Waals surface area contributed by atoms with Gasteiger partial charge in [0.15, 0.2) is 0 Å². The first-order valence-corrected chi connectivity index (χ1v) is 26.9. The second-order valence-corrected chi connectivity index (χ2v) is 22.5. The molecule has 12 rings (SSSR count). The van der Waals surface area contributed by atoms with Gasteiger partial charge in [-0.05, 0) is 12.1 Å². The van der Waals surface area contributed by atoms with Crippen molar-refractivity contribution in [2.75, 3.05) is 9.62 Å². The minimum absolute atomic E-state index is 0.0196. The topological polar surface area (TPSA) is 38.5 Å². The number of pyridine rings is 1. The third-order valence-electron chi connectivity index (χ3n) is 14.2. The van der Waals surface area contributed by atoms with E-state index in [4.69, 9.17) is 22.1 Å². The summed E-state index contributed by atoms with van der Waals surface area (Å²) in [7, 11) is 0. The Morgan fingerprint density at radius 1 is 0.590 bits per heavy atom. The molecule has 0 radical (unpaired) electrons. The molecule has 0 N–H and O–H groups in total. The van der Waals surface area contributed by atoms with Gasteiger partial charge in [0.05, 0.1) is 0 Å². The minimum atomic E-state index is -2.64. The number of aromatic nitrogens is 3. The van der Waals surface area contributed by atoms with Gasteiger partial charge in [-0.25, -0.2) is 0 Å². The van der Waals surface area contributed by atoms with Crippen LogP contribution in [0.1, 0.15) is 78.9 Å². The summed E-state index contributed by atoms with van der Waals surface area (Å²) < 4.78 is 110. The van der Waals surface area contributed by atoms with Crippen molar-refractivity contribution in [2.45, 2.75) is 66.1 Å². The van der Waals surface area contributed by atoms with Gasteiger partial charge in [-0.1, -0.05) is 48.5 Å². The Morgan fingerprint density at radius 2 is 1.23 bits per heavy atom. The summed E-state index contributed by atoms with van der Waals surface area (Å²) in [5.41, 5.74) is 9.93. The molecule has 0 saturated carbocycles. The number of hydrogen-bond acceptors (Lipinski definition) is 4. The van der Waals surface area contributed by atoms with Crippen molar-refractivity contribution < 1.29 is 39.2 Å². The van der Waals surface area contributed by atoms with Gasteiger partial charge < -0.3 is 0 Å². The number of para-hydroxylation sites is 5. The van der Waals surface area contributed by atoms with Gasteiger partial charge in [-0.2, -0.15) is 12.1 Å². The number of anilines is 4. The number of ether oxygens (including phenoxy) is 1. The van der Waals surface area contributed by atoms with E-state index in [-0.39, 0.29) is 57.1 Å². The molecule has 6 nitrogen and oxygen atoms in total. The second-order valence-electron chi connectivity index (χ2n) is 21.5. The number of rotatable bonds is 10. The monoisotopic (exact) mass is 1200 g/mol. The van der Waals surface area contributed by atoms with Crippen molar-refractivity contribution in [3.8, 4) is 56.4 Å². The van der Waals surface area contributed by atoms with Gasteiger partial charge in [0.25, 0.3) is 0 Å². The van der Waals surface area contributed by atoms with Crippen LogP contribution in [-0.2, 0) is 30.2 Å². The first-order chi connectivity index (χ1) is 42.2. The standard InChI is InChI=1S/C70H60BN5O.Pt/c1-48-39-66(76-65-38-23-22-37-64(65)75(56-30-16-11-17-31-56)71(76)55-28-14-10-15-29-55)72-67(40-48)77-58-44-52(59-32-19-18-25-49(59)2)43-57(46-58)73-47-74(63-36-21-20-35-62(63)73)68-60(50-26-12-9-13-27-50)33-24-34-61(68)51-41-53(69(3,4)5)45-54(42-51)70(6,7)8;/h9-37,39-45H,1-8H3;/q-2;/i1D3,2D3,9D,12D,13D,26D,27D;. The molecule has 0 aliphatic carbocycles. The molecule has 0 fully saturated rings. The molecule has 0 spiro atoms. The van der Waals surface area contributed by atoms with E-state index in [0.717, 1.165) is 39.1 Å². The molecule has 0 amide bonds. The molecule has 0 unspecified atom stereocenters. The summed E-state index contributed by atoms with van der Waals surface area (Å²) in [5, 5.41) is 0. The van der Waals surface area contributed by atoms with E-state index in [1.807, 2.05) is 135 Å². The van der Waals surface area contributed by atoms with Gasteiger partial charge in [-0.3, -0.25) is 0 Å². The van der Waals surface area contributed by atoms with Crippen molar-refractivity contribution in [1.29, 1.82) is 0 Å². The predicted octanol–water partition coefficient (Wildman–Crippen LogP) is 17.2. The van der Waals surface area contributed by atoms with Crippen molar-refractivity contribution in [3.63, 3.8) is 0 Å². The Labute approximate surface area is 485 Å². The molecule has 8 heteroatoms. The zero-order valence-corrected chi connectivity index (χ0v) is 46.2. The molecule has 1 aliphatic heterocycles. The van der Waals surface area contributed by atoms with Crippen LogP contribution in [0, 0.1) is 29.6 Å². The van der Waals surface area contributed by atoms with E-state index in [0.29, 0.717) is 48.6 Å². The predicted molar refractivity (Wildman–Crippen MR) is 320 cm³/mol. The van der Waals surface area contributed by atoms with Gasteiger partial charge in [-0.15, -0.1) is 6.07 Å². The third kappa shape index (κ3) is 9.45. The van der Waals surface area contributed by atoms with E-state index in [2.05, 4.69) is 96.0 Å². The van der Waals surface area contributed by atoms with E-state index in [9.17, 15) is 2.74 Å². The van der Waals surface area contributed by atoms with Gasteiger partial charge in [0.2, 0.25) is 0 Å². The zero-order chi connectivity index (χ0) is 63.2. The molecule has 3 heterocycles. The molecule has 0 saturated heterocycles. The molecule has 2 aromatic heterocycles. The van der Waals surface area contributed by atoms with E-state index < -0.39 is 38.8 Å². The average molecular weight is 1200 g/mol. The third-order valence-corrected chi connectivity index (χ3v) is 15.2. The Morgan fingerprint density at radius 3 is 1.94 bits per heavy atom. The molecule has 11 aromatic rings. The van der Waals surface area contributed by atoms with Crippen LogP contribution in [-0.4, -0.2) is 21.1 Å². The summed E-state index contributed by atoms with van der Waals surface area (Å²) in [5.74, 6) is 0.260. The summed E-state index contributed by atoms with van der Waals surface area (Å²) in [6.45, 7) is 7.23. The first-order valence-electron chi connectivity index (χ1n) is 31.3. The first kappa shape index (κ1) is 39.2. The fraction of sp³-hybridized carbons (Fsp3) is 0.143. The van der Waals surface area contributed by atoms with Crippen LogP contribution in [0.15, 0.2) is 218 Å². The molecular formula is C70H60BN5OPt-2. The number of aryl methyl sites for hydroxylation is 2. The van der Waals surface area contributed by atoms with Crippen molar-refractivity contribution >= 4 is 46.4 Å². The van der Waals surface area contributed by atoms with Gasteiger partial charge in [0.1, 0.15) is 0 Å². The maximum absolute atomic E-state index is 9.42. The molecular weight excluding hydrogens is 1130 g/mol. The van der Waals surface area contributed by atoms with Crippen LogP contribution >= 0.6 is 0 Å². The molecule has 1 aliphatic rings. The fourth-order valence-electron chi connectivity index (χ4n) is 10.4. The molecule has 9 aromatic carbocycles. The average Bonchev–Trinajstić information content (AvgIpc) is 1.66. The van der Waals surface area contributed by atoms with Crippen LogP contribution in [0.3, 0.4) is 0 Å². The van der Waals surface area contributed by atoms with E-state index in [1.54, 1.807) is 42.5 Å². The number of fused-ring (bicyclic) bond motifs is 2. The molecule has 0 atom stereocenters. The number of benzene rings is 9. The van der Waals surface area contributed by atoms with E-state index >= 15 is 0 Å². The zero-order valence-electron chi connectivity index (χ0n) is 54.9. The van der Waals surface area contributed by atoms with Crippen LogP contribution in [0.4, 0.5) is 22.9 Å². The van der Waals surface area contributed by atoms with Crippen LogP contribution in [0.2, 0.25) is 0 Å². The molecule has 386 valence electrons. The number of imidazole rings is 1. The van der Waals surface area contributed by atoms with Crippen molar-refractivity contribution in [1.82, 2.24) is 14.1 Å². The summed E-state index contributed by atoms with van der Waals surface area (Å²) in [4.78, 5) is 9.30. The molecule has 78 heavy (non-hydrogen) atoms. The quantitative estimate of drug-likeness (QED) is 0.101. The fourth-order valence-corrected chi connectivity index (χ4v) is 11.5. The van der Waals surface area contributed by atoms with Gasteiger partial charge >= 0.3 is 404 Å². The van der Waals surface area contributed by atoms with Crippen molar-refractivity contribution in [2.24, 2.45) is 0 Å². The Balaban J connectivity index is 1.12. The Hall–Kier alpha value is -8.25. The van der Waals surface area contributed by atoms with Crippen LogP contribution in [0.25, 0.3) is 55.8 Å². The van der Waals surface area contributed by atoms with Crippen molar-refractivity contribution in [3.05, 3.63) is 256 Å². The number of hydrogen-bond donors (Lipinski definition) is 0. The van der Waals surface area contributed by atoms with Gasteiger partial charge in [0, 0.05) is 5.69 Å². The SMILES string of the molecule is [2H]c1c([2H])c([2H])c(-c2cccc(-c3cc(C(C)(C)C)cc(C(C)(C)C)c3)c2-n2[c](=[Pt])n(-c3[c-]c(Oc4cc(C([2H])([2H])[2H])cc(N5B(c6ccccc6)N(c6ccccc6)c6ccc[c-]c65)n4)cc(-c4ccccc4C([2H])([2H])[2H])c3)c3ccccc32)c([2H])c1[2H]. The summed E-state index contributed by atoms with van der Waals surface area (Å²) in [6.07, 6.45) is 0. The van der Waals surface area contributed by atoms with Crippen LogP contribution in [0.5, 0.6) is 11.6 Å².